The highest BCUT2D eigenvalue weighted by molar-refractivity contribution is 5.80. The Labute approximate surface area is 142 Å². The van der Waals surface area contributed by atoms with E-state index in [1.54, 1.807) is 0 Å². The van der Waals surface area contributed by atoms with Gasteiger partial charge in [-0.25, -0.2) is 5.43 Å². The molecular formula is C18H25N3O3. The summed E-state index contributed by atoms with van der Waals surface area (Å²) in [6.07, 6.45) is 2.33. The SMILES string of the molecule is CC1CCCN(C(=O)C2CNNC2c2ccc3c(c2)OCCO3)C1. The number of benzene rings is 1. The standard InChI is InChI=1S/C18H25N3O3/c1-12-3-2-6-21(11-12)18(22)14-10-19-20-17(14)13-4-5-15-16(9-13)24-8-7-23-15/h4-5,9,12,14,17,19-20H,2-3,6-8,10-11H2,1H3. The fraction of sp³-hybridized carbons (Fsp3) is 0.611. The molecule has 2 N–H and O–H groups in total. The zero-order chi connectivity index (χ0) is 16.5. The van der Waals surface area contributed by atoms with Gasteiger partial charge in [-0.1, -0.05) is 13.0 Å². The van der Waals surface area contributed by atoms with Crippen LogP contribution in [0.1, 0.15) is 31.4 Å². The Bertz CT molecular complexity index is 622. The second-order valence-electron chi connectivity index (χ2n) is 7.04. The minimum atomic E-state index is -0.0853. The molecule has 1 aromatic rings. The third-order valence-corrected chi connectivity index (χ3v) is 5.19. The Hall–Kier alpha value is -1.79. The number of carbonyl (C=O) groups is 1. The van der Waals surface area contributed by atoms with Gasteiger partial charge in [-0.3, -0.25) is 10.2 Å². The van der Waals surface area contributed by atoms with Crippen molar-refractivity contribution in [3.8, 4) is 11.5 Å². The van der Waals surface area contributed by atoms with E-state index in [0.29, 0.717) is 25.7 Å². The van der Waals surface area contributed by atoms with Crippen LogP contribution >= 0.6 is 0 Å². The van der Waals surface area contributed by atoms with Crippen LogP contribution in [-0.2, 0) is 4.79 Å². The average molecular weight is 331 g/mol. The van der Waals surface area contributed by atoms with Gasteiger partial charge in [-0.05, 0) is 36.5 Å². The minimum absolute atomic E-state index is 0.0365. The summed E-state index contributed by atoms with van der Waals surface area (Å²) in [4.78, 5) is 15.0. The van der Waals surface area contributed by atoms with Crippen LogP contribution in [0.15, 0.2) is 18.2 Å². The molecule has 3 heterocycles. The second-order valence-corrected chi connectivity index (χ2v) is 7.04. The zero-order valence-corrected chi connectivity index (χ0v) is 14.1. The van der Waals surface area contributed by atoms with Crippen LogP contribution < -0.4 is 20.3 Å². The van der Waals surface area contributed by atoms with Gasteiger partial charge in [0.2, 0.25) is 5.91 Å². The van der Waals surface area contributed by atoms with Crippen LogP contribution in [0.5, 0.6) is 11.5 Å². The van der Waals surface area contributed by atoms with Gasteiger partial charge < -0.3 is 14.4 Å². The number of rotatable bonds is 2. The summed E-state index contributed by atoms with van der Waals surface area (Å²) in [6, 6.07) is 5.93. The van der Waals surface area contributed by atoms with E-state index in [1.165, 1.54) is 6.42 Å². The van der Waals surface area contributed by atoms with Crippen molar-refractivity contribution in [1.82, 2.24) is 15.8 Å². The Morgan fingerprint density at radius 1 is 1.25 bits per heavy atom. The van der Waals surface area contributed by atoms with E-state index in [2.05, 4.69) is 17.8 Å². The molecule has 0 radical (unpaired) electrons. The van der Waals surface area contributed by atoms with Gasteiger partial charge in [-0.2, -0.15) is 0 Å². The van der Waals surface area contributed by atoms with E-state index in [1.807, 2.05) is 23.1 Å². The Morgan fingerprint density at radius 2 is 2.08 bits per heavy atom. The normalized spacial score (nSPS) is 29.5. The Morgan fingerprint density at radius 3 is 2.92 bits per heavy atom. The molecule has 0 spiro atoms. The Balaban J connectivity index is 1.53. The van der Waals surface area contributed by atoms with E-state index in [9.17, 15) is 4.79 Å². The van der Waals surface area contributed by atoms with Crippen molar-refractivity contribution in [2.45, 2.75) is 25.8 Å². The van der Waals surface area contributed by atoms with Crippen molar-refractivity contribution in [3.63, 3.8) is 0 Å². The van der Waals surface area contributed by atoms with Crippen molar-refractivity contribution < 1.29 is 14.3 Å². The molecule has 3 aliphatic rings. The highest BCUT2D eigenvalue weighted by Crippen LogP contribution is 2.36. The van der Waals surface area contributed by atoms with E-state index in [0.717, 1.165) is 36.6 Å². The van der Waals surface area contributed by atoms with Crippen LogP contribution in [0.2, 0.25) is 0 Å². The van der Waals surface area contributed by atoms with E-state index in [-0.39, 0.29) is 17.9 Å². The van der Waals surface area contributed by atoms with Crippen LogP contribution in [0.25, 0.3) is 0 Å². The summed E-state index contributed by atoms with van der Waals surface area (Å²) in [5, 5.41) is 0. The predicted octanol–water partition coefficient (Wildman–Crippen LogP) is 1.48. The number of hydrogen-bond donors (Lipinski definition) is 2. The van der Waals surface area contributed by atoms with Gasteiger partial charge in [0.1, 0.15) is 13.2 Å². The molecule has 3 aliphatic heterocycles. The predicted molar refractivity (Wildman–Crippen MR) is 89.8 cm³/mol. The van der Waals surface area contributed by atoms with Crippen molar-refractivity contribution in [2.75, 3.05) is 32.8 Å². The number of piperidine rings is 1. The quantitative estimate of drug-likeness (QED) is 0.859. The van der Waals surface area contributed by atoms with Gasteiger partial charge in [0, 0.05) is 19.6 Å². The van der Waals surface area contributed by atoms with E-state index >= 15 is 0 Å². The molecule has 0 aromatic heterocycles. The fourth-order valence-electron chi connectivity index (χ4n) is 3.92. The van der Waals surface area contributed by atoms with Gasteiger partial charge in [0.05, 0.1) is 12.0 Å². The number of ether oxygens (including phenoxy) is 2. The molecule has 6 heteroatoms. The number of hydrogen-bond acceptors (Lipinski definition) is 5. The maximum atomic E-state index is 13.0. The van der Waals surface area contributed by atoms with Gasteiger partial charge in [0.15, 0.2) is 11.5 Å². The highest BCUT2D eigenvalue weighted by Gasteiger charge is 2.37. The largest absolute Gasteiger partial charge is 0.486 e. The first-order chi connectivity index (χ1) is 11.7. The van der Waals surface area contributed by atoms with Crippen molar-refractivity contribution >= 4 is 5.91 Å². The smallest absolute Gasteiger partial charge is 0.229 e. The molecule has 3 atom stereocenters. The monoisotopic (exact) mass is 331 g/mol. The van der Waals surface area contributed by atoms with E-state index in [4.69, 9.17) is 9.47 Å². The lowest BCUT2D eigenvalue weighted by Gasteiger charge is -2.34. The topological polar surface area (TPSA) is 62.8 Å². The lowest BCUT2D eigenvalue weighted by Crippen LogP contribution is -2.44. The second kappa shape index (κ2) is 6.61. The zero-order valence-electron chi connectivity index (χ0n) is 14.1. The number of nitrogens with one attached hydrogen (secondary N) is 2. The molecule has 4 rings (SSSR count). The van der Waals surface area contributed by atoms with Gasteiger partial charge in [-0.15, -0.1) is 0 Å². The fourth-order valence-corrected chi connectivity index (χ4v) is 3.92. The summed E-state index contributed by atoms with van der Waals surface area (Å²) in [7, 11) is 0. The van der Waals surface area contributed by atoms with Gasteiger partial charge in [0.25, 0.3) is 0 Å². The molecule has 24 heavy (non-hydrogen) atoms. The summed E-state index contributed by atoms with van der Waals surface area (Å²) in [5.41, 5.74) is 7.49. The molecule has 2 fully saturated rings. The number of nitrogens with zero attached hydrogens (tertiary/aromatic N) is 1. The Kier molecular flexibility index (Phi) is 4.33. The van der Waals surface area contributed by atoms with Crippen LogP contribution in [0, 0.1) is 11.8 Å². The molecule has 2 saturated heterocycles. The number of fused-ring (bicyclic) bond motifs is 1. The molecule has 0 saturated carbocycles. The van der Waals surface area contributed by atoms with Crippen LogP contribution in [0.3, 0.4) is 0 Å². The van der Waals surface area contributed by atoms with Crippen molar-refractivity contribution in [2.24, 2.45) is 11.8 Å². The molecule has 0 bridgehead atoms. The maximum Gasteiger partial charge on any atom is 0.229 e. The number of carbonyl (C=O) groups excluding carboxylic acids is 1. The van der Waals surface area contributed by atoms with Crippen LogP contribution in [-0.4, -0.2) is 43.7 Å². The third-order valence-electron chi connectivity index (χ3n) is 5.19. The lowest BCUT2D eigenvalue weighted by atomic mass is 9.91. The molecule has 1 amide bonds. The molecule has 0 aliphatic carbocycles. The number of amides is 1. The van der Waals surface area contributed by atoms with Crippen molar-refractivity contribution in [3.05, 3.63) is 23.8 Å². The number of hydrazine groups is 1. The van der Waals surface area contributed by atoms with E-state index < -0.39 is 0 Å². The minimum Gasteiger partial charge on any atom is -0.486 e. The lowest BCUT2D eigenvalue weighted by molar-refractivity contribution is -0.137. The summed E-state index contributed by atoms with van der Waals surface area (Å²) < 4.78 is 11.3. The first-order valence-electron chi connectivity index (χ1n) is 8.89. The molecule has 130 valence electrons. The summed E-state index contributed by atoms with van der Waals surface area (Å²) in [6.45, 7) is 5.80. The first-order valence-corrected chi connectivity index (χ1v) is 8.89. The summed E-state index contributed by atoms with van der Waals surface area (Å²) in [5.74, 6) is 2.31. The average Bonchev–Trinajstić information content (AvgIpc) is 3.10. The van der Waals surface area contributed by atoms with Crippen LogP contribution in [0.4, 0.5) is 0 Å². The third kappa shape index (κ3) is 2.96. The first kappa shape index (κ1) is 15.7. The summed E-state index contributed by atoms with van der Waals surface area (Å²) >= 11 is 0. The molecular weight excluding hydrogens is 306 g/mol. The number of likely N-dealkylation sites (tertiary alicyclic amines) is 1. The van der Waals surface area contributed by atoms with Crippen molar-refractivity contribution in [1.29, 1.82) is 0 Å². The maximum absolute atomic E-state index is 13.0. The molecule has 1 aromatic carbocycles. The molecule has 6 nitrogen and oxygen atoms in total. The molecule has 3 unspecified atom stereocenters. The van der Waals surface area contributed by atoms with Gasteiger partial charge >= 0.3 is 0 Å². The highest BCUT2D eigenvalue weighted by atomic mass is 16.6.